The first kappa shape index (κ1) is 30.2. The number of hydrogen-bond acceptors (Lipinski definition) is 9. The molecule has 2 amide bonds. The summed E-state index contributed by atoms with van der Waals surface area (Å²) in [6.07, 6.45) is 2.41. The van der Waals surface area contributed by atoms with E-state index >= 15 is 0 Å². The Balaban J connectivity index is 1.36. The first-order chi connectivity index (χ1) is 17.7. The molecule has 0 aromatic rings. The minimum atomic E-state index is -1.35. The minimum absolute atomic E-state index is 0.0209. The Kier molecular flexibility index (Phi) is 12.0. The van der Waals surface area contributed by atoms with Crippen LogP contribution in [0.4, 0.5) is 0 Å². The lowest BCUT2D eigenvalue weighted by molar-refractivity contribution is -0.270. The van der Waals surface area contributed by atoms with Gasteiger partial charge in [-0.1, -0.05) is 13.3 Å². The molecule has 11 heteroatoms. The number of aliphatic hydroxyl groups is 4. The maximum atomic E-state index is 12.8. The van der Waals surface area contributed by atoms with Gasteiger partial charge in [-0.25, -0.2) is 0 Å². The molecule has 0 aromatic heterocycles. The van der Waals surface area contributed by atoms with E-state index in [2.05, 4.69) is 12.2 Å². The number of carbonyl (C=O) groups excluding carboxylic acids is 2. The zero-order valence-corrected chi connectivity index (χ0v) is 22.2. The molecule has 3 rings (SSSR count). The Morgan fingerprint density at radius 2 is 1.76 bits per heavy atom. The number of likely N-dealkylation sites (tertiary alicyclic amines) is 1. The molecule has 3 aliphatic rings. The average Bonchev–Trinajstić information content (AvgIpc) is 3.25. The lowest BCUT2D eigenvalue weighted by Crippen LogP contribution is -2.64. The highest BCUT2D eigenvalue weighted by atomic mass is 16.7. The highest BCUT2D eigenvalue weighted by Crippen LogP contribution is 2.27. The normalized spacial score (nSPS) is 36.5. The van der Waals surface area contributed by atoms with Crippen molar-refractivity contribution in [2.24, 2.45) is 5.92 Å². The van der Waals surface area contributed by atoms with Gasteiger partial charge in [0.25, 0.3) is 0 Å². The number of ether oxygens (including phenoxy) is 3. The number of hydrogen-bond donors (Lipinski definition) is 5. The van der Waals surface area contributed by atoms with Gasteiger partial charge in [0, 0.05) is 26.5 Å². The smallest absolute Gasteiger partial charge is 0.222 e. The number of amides is 2. The lowest BCUT2D eigenvalue weighted by atomic mass is 9.89. The number of carbonyl (C=O) groups is 2. The van der Waals surface area contributed by atoms with E-state index in [0.717, 1.165) is 25.2 Å². The van der Waals surface area contributed by atoms with E-state index in [1.54, 1.807) is 4.90 Å². The maximum absolute atomic E-state index is 12.8. The van der Waals surface area contributed by atoms with Gasteiger partial charge in [-0.05, 0) is 50.9 Å². The predicted octanol–water partition coefficient (Wildman–Crippen LogP) is 0.0642. The molecule has 0 aromatic carbocycles. The van der Waals surface area contributed by atoms with Crippen molar-refractivity contribution < 1.29 is 44.2 Å². The maximum Gasteiger partial charge on any atom is 0.222 e. The highest BCUT2D eigenvalue weighted by Gasteiger charge is 2.45. The van der Waals surface area contributed by atoms with Crippen molar-refractivity contribution in [3.8, 4) is 0 Å². The number of nitrogens with zero attached hydrogens (tertiary/aromatic N) is 1. The van der Waals surface area contributed by atoms with Crippen LogP contribution >= 0.6 is 0 Å². The van der Waals surface area contributed by atoms with Gasteiger partial charge in [-0.2, -0.15) is 0 Å². The van der Waals surface area contributed by atoms with E-state index in [4.69, 9.17) is 14.2 Å². The van der Waals surface area contributed by atoms with Crippen LogP contribution in [-0.4, -0.2) is 112 Å². The predicted molar refractivity (Wildman–Crippen MR) is 133 cm³/mol. The molecule has 7 atom stereocenters. The van der Waals surface area contributed by atoms with Crippen molar-refractivity contribution in [3.63, 3.8) is 0 Å². The standard InChI is InChI=1S/C26H46N2O9/c1-16-7-9-20(10-8-16)36-15-18-12-19(31)13-28(18)22(32)6-4-3-5-11-35-26-23(27-17(2)30)25(34)24(33)21(14-29)37-26/h16,18-21,23-26,29,31,33-34H,3-15H2,1-2H3,(H,27,30)/t16?,18-,19+,20?,21?,23?,24?,25?,26?/m0/s1. The molecular formula is C26H46N2O9. The van der Waals surface area contributed by atoms with Crippen LogP contribution < -0.4 is 5.32 Å². The summed E-state index contributed by atoms with van der Waals surface area (Å²) in [5.41, 5.74) is 0. The summed E-state index contributed by atoms with van der Waals surface area (Å²) in [5, 5.41) is 42.5. The SMILES string of the molecule is CC(=O)NC1C(OCCCCCC(=O)N2C[C@H](O)C[C@H]2COC2CCC(C)CC2)OC(CO)C(O)C1O. The summed E-state index contributed by atoms with van der Waals surface area (Å²) in [7, 11) is 0. The van der Waals surface area contributed by atoms with Gasteiger partial charge in [-0.15, -0.1) is 0 Å². The van der Waals surface area contributed by atoms with Gasteiger partial charge < -0.3 is 44.9 Å². The van der Waals surface area contributed by atoms with Gasteiger partial charge in [0.2, 0.25) is 11.8 Å². The summed E-state index contributed by atoms with van der Waals surface area (Å²) in [5.74, 6) is 0.369. The fourth-order valence-electron chi connectivity index (χ4n) is 5.51. The third kappa shape index (κ3) is 8.84. The summed E-state index contributed by atoms with van der Waals surface area (Å²) >= 11 is 0. The van der Waals surface area contributed by atoms with Gasteiger partial charge >= 0.3 is 0 Å². The number of nitrogens with one attached hydrogen (secondary N) is 1. The van der Waals surface area contributed by atoms with E-state index in [0.29, 0.717) is 38.8 Å². The lowest BCUT2D eigenvalue weighted by Gasteiger charge is -2.42. The Labute approximate surface area is 219 Å². The van der Waals surface area contributed by atoms with Gasteiger partial charge in [0.1, 0.15) is 24.4 Å². The van der Waals surface area contributed by atoms with E-state index in [1.165, 1.54) is 19.8 Å². The Bertz CT molecular complexity index is 718. The van der Waals surface area contributed by atoms with Crippen molar-refractivity contribution in [1.29, 1.82) is 0 Å². The number of β-amino-alcohol motifs (C(OH)–C–C–N with tert-alkyl or cyclic N) is 1. The third-order valence-electron chi connectivity index (χ3n) is 7.77. The zero-order valence-electron chi connectivity index (χ0n) is 22.2. The average molecular weight is 531 g/mol. The van der Waals surface area contributed by atoms with Crippen LogP contribution in [0, 0.1) is 5.92 Å². The van der Waals surface area contributed by atoms with Crippen LogP contribution in [0.5, 0.6) is 0 Å². The van der Waals surface area contributed by atoms with Crippen molar-refractivity contribution in [2.45, 2.75) is 121 Å². The molecule has 37 heavy (non-hydrogen) atoms. The van der Waals surface area contributed by atoms with Crippen LogP contribution in [0.25, 0.3) is 0 Å². The van der Waals surface area contributed by atoms with Crippen molar-refractivity contribution in [2.75, 3.05) is 26.4 Å². The Hall–Kier alpha value is -1.34. The van der Waals surface area contributed by atoms with Crippen LogP contribution in [0.2, 0.25) is 0 Å². The first-order valence-corrected chi connectivity index (χ1v) is 13.8. The summed E-state index contributed by atoms with van der Waals surface area (Å²) in [6, 6.07) is -1.05. The molecule has 0 spiro atoms. The molecule has 3 fully saturated rings. The molecule has 2 aliphatic heterocycles. The molecule has 0 radical (unpaired) electrons. The van der Waals surface area contributed by atoms with Crippen LogP contribution in [0.3, 0.4) is 0 Å². The number of unbranched alkanes of at least 4 members (excludes halogenated alkanes) is 2. The molecular weight excluding hydrogens is 484 g/mol. The molecule has 1 saturated carbocycles. The second kappa shape index (κ2) is 14.7. The van der Waals surface area contributed by atoms with Crippen molar-refractivity contribution in [3.05, 3.63) is 0 Å². The summed E-state index contributed by atoms with van der Waals surface area (Å²) in [4.78, 5) is 26.1. The van der Waals surface area contributed by atoms with E-state index in [-0.39, 0.29) is 24.7 Å². The van der Waals surface area contributed by atoms with Crippen molar-refractivity contribution >= 4 is 11.8 Å². The number of aliphatic hydroxyl groups excluding tert-OH is 4. The van der Waals surface area contributed by atoms with Gasteiger partial charge in [0.15, 0.2) is 6.29 Å². The molecule has 214 valence electrons. The fourth-order valence-corrected chi connectivity index (χ4v) is 5.51. The highest BCUT2D eigenvalue weighted by molar-refractivity contribution is 5.77. The van der Waals surface area contributed by atoms with E-state index in [9.17, 15) is 30.0 Å². The molecule has 5 N–H and O–H groups in total. The Morgan fingerprint density at radius 3 is 2.43 bits per heavy atom. The molecule has 5 unspecified atom stereocenters. The first-order valence-electron chi connectivity index (χ1n) is 13.8. The monoisotopic (exact) mass is 530 g/mol. The summed E-state index contributed by atoms with van der Waals surface area (Å²) < 4.78 is 17.4. The molecule has 1 aliphatic carbocycles. The van der Waals surface area contributed by atoms with Gasteiger partial charge in [-0.3, -0.25) is 9.59 Å². The second-order valence-electron chi connectivity index (χ2n) is 10.9. The quantitative estimate of drug-likeness (QED) is 0.220. The number of rotatable bonds is 12. The molecule has 11 nitrogen and oxygen atoms in total. The molecule has 0 bridgehead atoms. The van der Waals surface area contributed by atoms with E-state index in [1.807, 2.05) is 0 Å². The molecule has 2 saturated heterocycles. The zero-order chi connectivity index (χ0) is 26.9. The topological polar surface area (TPSA) is 158 Å². The third-order valence-corrected chi connectivity index (χ3v) is 7.77. The fraction of sp³-hybridized carbons (Fsp3) is 0.923. The van der Waals surface area contributed by atoms with Crippen LogP contribution in [0.15, 0.2) is 0 Å². The van der Waals surface area contributed by atoms with Crippen LogP contribution in [0.1, 0.15) is 71.6 Å². The molecule has 2 heterocycles. The van der Waals surface area contributed by atoms with E-state index < -0.39 is 49.3 Å². The minimum Gasteiger partial charge on any atom is -0.394 e. The van der Waals surface area contributed by atoms with Gasteiger partial charge in [0.05, 0.1) is 31.5 Å². The largest absolute Gasteiger partial charge is 0.394 e. The Morgan fingerprint density at radius 1 is 1.03 bits per heavy atom. The van der Waals surface area contributed by atoms with Crippen LogP contribution in [-0.2, 0) is 23.8 Å². The van der Waals surface area contributed by atoms with Crippen molar-refractivity contribution in [1.82, 2.24) is 10.2 Å². The summed E-state index contributed by atoms with van der Waals surface area (Å²) in [6.45, 7) is 4.14. The second-order valence-corrected chi connectivity index (χ2v) is 10.9.